The van der Waals surface area contributed by atoms with Crippen LogP contribution in [0, 0.1) is 6.92 Å². The van der Waals surface area contributed by atoms with Gasteiger partial charge in [-0.2, -0.15) is 0 Å². The van der Waals surface area contributed by atoms with Gasteiger partial charge in [0.2, 0.25) is 10.0 Å². The Labute approximate surface area is 137 Å². The van der Waals surface area contributed by atoms with Crippen LogP contribution in [-0.2, 0) is 10.0 Å². The Balaban J connectivity index is 1.82. The van der Waals surface area contributed by atoms with Crippen molar-refractivity contribution in [2.75, 3.05) is 26.2 Å². The molecule has 1 aromatic carbocycles. The molecule has 1 aliphatic heterocycles. The highest BCUT2D eigenvalue weighted by Gasteiger charge is 2.19. The first kappa shape index (κ1) is 17.7. The van der Waals surface area contributed by atoms with Crippen LogP contribution >= 0.6 is 11.6 Å². The summed E-state index contributed by atoms with van der Waals surface area (Å²) in [5, 5.41) is 9.73. The van der Waals surface area contributed by atoms with E-state index >= 15 is 0 Å². The van der Waals surface area contributed by atoms with E-state index in [0.29, 0.717) is 6.54 Å². The van der Waals surface area contributed by atoms with Crippen molar-refractivity contribution in [3.8, 4) is 0 Å². The second-order valence-corrected chi connectivity index (χ2v) is 7.82. The highest BCUT2D eigenvalue weighted by molar-refractivity contribution is 7.89. The lowest BCUT2D eigenvalue weighted by atomic mass is 10.1. The molecule has 0 bridgehead atoms. The van der Waals surface area contributed by atoms with Gasteiger partial charge in [0, 0.05) is 19.6 Å². The van der Waals surface area contributed by atoms with Crippen molar-refractivity contribution in [1.29, 1.82) is 0 Å². The molecule has 7 heteroatoms. The average Bonchev–Trinajstić information content (AvgIpc) is 2.48. The SMILES string of the molecule is Cc1cccc(S(=O)(=O)NCCCN2CCC(O)CC2)c1Cl. The number of hydrogen-bond donors (Lipinski definition) is 2. The molecule has 2 rings (SSSR count). The molecule has 0 unspecified atom stereocenters. The van der Waals surface area contributed by atoms with Gasteiger partial charge in [-0.15, -0.1) is 0 Å². The van der Waals surface area contributed by atoms with Crippen LogP contribution in [0.2, 0.25) is 5.02 Å². The summed E-state index contributed by atoms with van der Waals surface area (Å²) in [6.07, 6.45) is 2.15. The van der Waals surface area contributed by atoms with Gasteiger partial charge in [-0.3, -0.25) is 0 Å². The maximum absolute atomic E-state index is 12.3. The van der Waals surface area contributed by atoms with Crippen LogP contribution in [0.5, 0.6) is 0 Å². The molecular weight excluding hydrogens is 324 g/mol. The minimum Gasteiger partial charge on any atom is -0.393 e. The number of sulfonamides is 1. The number of aliphatic hydroxyl groups is 1. The van der Waals surface area contributed by atoms with Gasteiger partial charge in [-0.25, -0.2) is 13.1 Å². The average molecular weight is 347 g/mol. The van der Waals surface area contributed by atoms with Crippen LogP contribution in [0.15, 0.2) is 23.1 Å². The van der Waals surface area contributed by atoms with E-state index in [2.05, 4.69) is 9.62 Å². The summed E-state index contributed by atoms with van der Waals surface area (Å²) in [7, 11) is -3.57. The normalized spacial score (nSPS) is 17.8. The van der Waals surface area contributed by atoms with Gasteiger partial charge in [-0.05, 0) is 44.4 Å². The molecule has 0 atom stereocenters. The summed E-state index contributed by atoms with van der Waals surface area (Å²) in [4.78, 5) is 2.39. The van der Waals surface area contributed by atoms with Crippen molar-refractivity contribution in [2.45, 2.75) is 37.2 Å². The molecule has 1 fully saturated rings. The monoisotopic (exact) mass is 346 g/mol. The molecule has 1 heterocycles. The van der Waals surface area contributed by atoms with Crippen LogP contribution < -0.4 is 4.72 Å². The summed E-state index contributed by atoms with van der Waals surface area (Å²) >= 11 is 6.07. The minimum atomic E-state index is -3.57. The fourth-order valence-corrected chi connectivity index (χ4v) is 4.21. The molecule has 0 saturated carbocycles. The van der Waals surface area contributed by atoms with E-state index in [4.69, 9.17) is 11.6 Å². The number of aliphatic hydroxyl groups excluding tert-OH is 1. The molecular formula is C15H23ClN2O3S. The smallest absolute Gasteiger partial charge is 0.242 e. The first-order valence-corrected chi connectivity index (χ1v) is 9.41. The third kappa shape index (κ3) is 4.67. The lowest BCUT2D eigenvalue weighted by Crippen LogP contribution is -2.37. The molecule has 124 valence electrons. The fourth-order valence-electron chi connectivity index (χ4n) is 2.56. The second-order valence-electron chi connectivity index (χ2n) is 5.71. The summed E-state index contributed by atoms with van der Waals surface area (Å²) in [6.45, 7) is 4.74. The number of piperidine rings is 1. The molecule has 1 saturated heterocycles. The van der Waals surface area contributed by atoms with E-state index < -0.39 is 10.0 Å². The summed E-state index contributed by atoms with van der Waals surface area (Å²) < 4.78 is 27.1. The summed E-state index contributed by atoms with van der Waals surface area (Å²) in [6, 6.07) is 4.99. The topological polar surface area (TPSA) is 69.6 Å². The molecule has 5 nitrogen and oxygen atoms in total. The molecule has 0 aliphatic carbocycles. The van der Waals surface area contributed by atoms with Crippen LogP contribution in [-0.4, -0.2) is 50.7 Å². The molecule has 0 aromatic heterocycles. The number of likely N-dealkylation sites (tertiary alicyclic amines) is 1. The Morgan fingerprint density at radius 3 is 2.73 bits per heavy atom. The standard InChI is InChI=1S/C15H23ClN2O3S/c1-12-4-2-5-14(15(12)16)22(20,21)17-8-3-9-18-10-6-13(19)7-11-18/h2,4-5,13,17,19H,3,6-11H2,1H3. The van der Waals surface area contributed by atoms with E-state index in [0.717, 1.165) is 44.5 Å². The van der Waals surface area contributed by atoms with E-state index in [1.165, 1.54) is 6.07 Å². The van der Waals surface area contributed by atoms with Gasteiger partial charge in [-0.1, -0.05) is 23.7 Å². The van der Waals surface area contributed by atoms with Crippen molar-refractivity contribution >= 4 is 21.6 Å². The zero-order chi connectivity index (χ0) is 16.2. The fraction of sp³-hybridized carbons (Fsp3) is 0.600. The van der Waals surface area contributed by atoms with Crippen LogP contribution in [0.3, 0.4) is 0 Å². The lowest BCUT2D eigenvalue weighted by Gasteiger charge is -2.29. The van der Waals surface area contributed by atoms with Crippen LogP contribution in [0.4, 0.5) is 0 Å². The van der Waals surface area contributed by atoms with E-state index in [-0.39, 0.29) is 16.0 Å². The molecule has 1 aliphatic rings. The third-order valence-corrected chi connectivity index (χ3v) is 6.06. The molecule has 0 spiro atoms. The first-order chi connectivity index (χ1) is 10.4. The van der Waals surface area contributed by atoms with Crippen molar-refractivity contribution in [3.63, 3.8) is 0 Å². The number of rotatable bonds is 6. The Morgan fingerprint density at radius 2 is 2.05 bits per heavy atom. The number of aryl methyl sites for hydroxylation is 1. The molecule has 1 aromatic rings. The Morgan fingerprint density at radius 1 is 1.36 bits per heavy atom. The zero-order valence-electron chi connectivity index (χ0n) is 12.8. The predicted molar refractivity (Wildman–Crippen MR) is 87.7 cm³/mol. The Bertz CT molecular complexity index is 599. The van der Waals surface area contributed by atoms with Gasteiger partial charge < -0.3 is 10.0 Å². The van der Waals surface area contributed by atoms with Crippen LogP contribution in [0.1, 0.15) is 24.8 Å². The highest BCUT2D eigenvalue weighted by atomic mass is 35.5. The Kier molecular flexibility index (Phi) is 6.23. The van der Waals surface area contributed by atoms with E-state index in [9.17, 15) is 13.5 Å². The number of hydrogen-bond acceptors (Lipinski definition) is 4. The predicted octanol–water partition coefficient (Wildman–Crippen LogP) is 1.77. The molecule has 0 amide bonds. The largest absolute Gasteiger partial charge is 0.393 e. The van der Waals surface area contributed by atoms with Gasteiger partial charge >= 0.3 is 0 Å². The number of benzene rings is 1. The molecule has 22 heavy (non-hydrogen) atoms. The van der Waals surface area contributed by atoms with E-state index in [1.54, 1.807) is 19.1 Å². The number of nitrogens with zero attached hydrogens (tertiary/aromatic N) is 1. The maximum Gasteiger partial charge on any atom is 0.242 e. The van der Waals surface area contributed by atoms with Crippen molar-refractivity contribution in [3.05, 3.63) is 28.8 Å². The van der Waals surface area contributed by atoms with Crippen molar-refractivity contribution < 1.29 is 13.5 Å². The van der Waals surface area contributed by atoms with Crippen molar-refractivity contribution in [2.24, 2.45) is 0 Å². The quantitative estimate of drug-likeness (QED) is 0.770. The zero-order valence-corrected chi connectivity index (χ0v) is 14.3. The highest BCUT2D eigenvalue weighted by Crippen LogP contribution is 2.24. The lowest BCUT2D eigenvalue weighted by molar-refractivity contribution is 0.0823. The number of nitrogens with one attached hydrogen (secondary N) is 1. The molecule has 2 N–H and O–H groups in total. The summed E-state index contributed by atoms with van der Waals surface area (Å²) in [5.41, 5.74) is 0.747. The Hall–Kier alpha value is -0.660. The van der Waals surface area contributed by atoms with Gasteiger partial charge in [0.1, 0.15) is 4.90 Å². The summed E-state index contributed by atoms with van der Waals surface area (Å²) in [5.74, 6) is 0. The van der Waals surface area contributed by atoms with Gasteiger partial charge in [0.15, 0.2) is 0 Å². The minimum absolute atomic E-state index is 0.135. The van der Waals surface area contributed by atoms with Crippen LogP contribution in [0.25, 0.3) is 0 Å². The third-order valence-electron chi connectivity index (χ3n) is 3.95. The van der Waals surface area contributed by atoms with Gasteiger partial charge in [0.25, 0.3) is 0 Å². The van der Waals surface area contributed by atoms with E-state index in [1.807, 2.05) is 0 Å². The van der Waals surface area contributed by atoms with Gasteiger partial charge in [0.05, 0.1) is 11.1 Å². The molecule has 0 radical (unpaired) electrons. The first-order valence-electron chi connectivity index (χ1n) is 7.55. The second kappa shape index (κ2) is 7.75. The maximum atomic E-state index is 12.3. The number of halogens is 1. The van der Waals surface area contributed by atoms with Crippen molar-refractivity contribution in [1.82, 2.24) is 9.62 Å².